The summed E-state index contributed by atoms with van der Waals surface area (Å²) in [5.41, 5.74) is 4.05. The zero-order valence-electron chi connectivity index (χ0n) is 16.8. The summed E-state index contributed by atoms with van der Waals surface area (Å²) in [7, 11) is -4.05. The number of carbonyl (C=O) groups excluding carboxylic acids is 1. The van der Waals surface area contributed by atoms with Crippen LogP contribution in [0.3, 0.4) is 0 Å². The summed E-state index contributed by atoms with van der Waals surface area (Å²) < 4.78 is 28.6. The SMILES string of the molecule is C/C(=N\NC(=O)CN(c1ccc(Cl)c(Cl)c1)S(=O)(=O)c1ccccc1)c1ccc(I)cc1. The number of hydrazone groups is 1. The van der Waals surface area contributed by atoms with Crippen LogP contribution in [0.25, 0.3) is 0 Å². The van der Waals surface area contributed by atoms with E-state index in [0.29, 0.717) is 5.71 Å². The van der Waals surface area contributed by atoms with Crippen molar-refractivity contribution in [1.82, 2.24) is 5.43 Å². The Morgan fingerprint density at radius 1 is 1.00 bits per heavy atom. The molecule has 0 unspecified atom stereocenters. The van der Waals surface area contributed by atoms with E-state index >= 15 is 0 Å². The van der Waals surface area contributed by atoms with Crippen molar-refractivity contribution < 1.29 is 13.2 Å². The van der Waals surface area contributed by atoms with Gasteiger partial charge in [0.15, 0.2) is 0 Å². The molecule has 0 spiro atoms. The lowest BCUT2D eigenvalue weighted by Crippen LogP contribution is -2.39. The summed E-state index contributed by atoms with van der Waals surface area (Å²) in [6, 6.07) is 19.8. The number of sulfonamides is 1. The molecule has 0 heterocycles. The van der Waals surface area contributed by atoms with Gasteiger partial charge in [-0.15, -0.1) is 0 Å². The second-order valence-electron chi connectivity index (χ2n) is 6.66. The van der Waals surface area contributed by atoms with E-state index in [1.54, 1.807) is 25.1 Å². The molecule has 0 aliphatic rings. The number of anilines is 1. The fourth-order valence-corrected chi connectivity index (χ4v) is 4.83. The van der Waals surface area contributed by atoms with Gasteiger partial charge in [0.2, 0.25) is 0 Å². The molecule has 6 nitrogen and oxygen atoms in total. The molecular weight excluding hydrogens is 584 g/mol. The van der Waals surface area contributed by atoms with Gasteiger partial charge in [-0.25, -0.2) is 13.8 Å². The van der Waals surface area contributed by atoms with Gasteiger partial charge in [-0.3, -0.25) is 9.10 Å². The summed E-state index contributed by atoms with van der Waals surface area (Å²) in [6.07, 6.45) is 0. The molecule has 32 heavy (non-hydrogen) atoms. The fourth-order valence-electron chi connectivity index (χ4n) is 2.74. The highest BCUT2D eigenvalue weighted by atomic mass is 127. The van der Waals surface area contributed by atoms with Crippen LogP contribution in [0.1, 0.15) is 12.5 Å². The van der Waals surface area contributed by atoms with E-state index in [-0.39, 0.29) is 20.6 Å². The number of benzene rings is 3. The van der Waals surface area contributed by atoms with Gasteiger partial charge in [0.05, 0.1) is 26.3 Å². The lowest BCUT2D eigenvalue weighted by atomic mass is 10.1. The maximum absolute atomic E-state index is 13.3. The Hall–Kier alpha value is -2.14. The van der Waals surface area contributed by atoms with E-state index in [4.69, 9.17) is 23.2 Å². The molecule has 0 fully saturated rings. The van der Waals surface area contributed by atoms with Crippen molar-refractivity contribution in [2.75, 3.05) is 10.8 Å². The minimum Gasteiger partial charge on any atom is -0.271 e. The Balaban J connectivity index is 1.88. The van der Waals surface area contributed by atoms with Gasteiger partial charge in [0, 0.05) is 3.57 Å². The molecule has 0 bridgehead atoms. The maximum Gasteiger partial charge on any atom is 0.264 e. The fraction of sp³-hybridized carbons (Fsp3) is 0.0909. The molecule has 0 aliphatic heterocycles. The third-order valence-corrected chi connectivity index (χ3v) is 7.67. The lowest BCUT2D eigenvalue weighted by Gasteiger charge is -2.24. The Morgan fingerprint density at radius 3 is 2.28 bits per heavy atom. The molecule has 3 aromatic rings. The number of nitrogens with zero attached hydrogens (tertiary/aromatic N) is 2. The first-order valence-electron chi connectivity index (χ1n) is 9.30. The zero-order valence-corrected chi connectivity index (χ0v) is 21.3. The predicted octanol–water partition coefficient (Wildman–Crippen LogP) is 5.33. The average Bonchev–Trinajstić information content (AvgIpc) is 2.78. The average molecular weight is 602 g/mol. The van der Waals surface area contributed by atoms with Crippen molar-refractivity contribution in [1.29, 1.82) is 0 Å². The topological polar surface area (TPSA) is 78.8 Å². The number of rotatable bonds is 7. The van der Waals surface area contributed by atoms with Gasteiger partial charge in [-0.2, -0.15) is 5.10 Å². The number of hydrogen-bond acceptors (Lipinski definition) is 4. The van der Waals surface area contributed by atoms with Gasteiger partial charge in [0.1, 0.15) is 6.54 Å². The number of carbonyl (C=O) groups is 1. The van der Waals surface area contributed by atoms with Gasteiger partial charge >= 0.3 is 0 Å². The molecule has 3 rings (SSSR count). The van der Waals surface area contributed by atoms with Crippen LogP contribution in [0.5, 0.6) is 0 Å². The van der Waals surface area contributed by atoms with E-state index < -0.39 is 22.5 Å². The first kappa shape index (κ1) is 24.5. The molecular formula is C22H18Cl2IN3O3S. The van der Waals surface area contributed by atoms with Crippen molar-refractivity contribution in [3.8, 4) is 0 Å². The van der Waals surface area contributed by atoms with Gasteiger partial charge in [-0.05, 0) is 77.5 Å². The van der Waals surface area contributed by atoms with Crippen LogP contribution in [0.2, 0.25) is 10.0 Å². The van der Waals surface area contributed by atoms with Crippen LogP contribution < -0.4 is 9.73 Å². The first-order valence-corrected chi connectivity index (χ1v) is 12.6. The Labute approximate surface area is 210 Å². The second-order valence-corrected chi connectivity index (χ2v) is 10.6. The molecule has 0 saturated carbocycles. The van der Waals surface area contributed by atoms with E-state index in [1.807, 2.05) is 24.3 Å². The zero-order chi connectivity index (χ0) is 23.3. The molecule has 0 atom stereocenters. The highest BCUT2D eigenvalue weighted by Gasteiger charge is 2.27. The molecule has 166 valence electrons. The Bertz CT molecular complexity index is 1250. The monoisotopic (exact) mass is 601 g/mol. The third-order valence-electron chi connectivity index (χ3n) is 4.42. The van der Waals surface area contributed by atoms with Crippen LogP contribution in [-0.2, 0) is 14.8 Å². The van der Waals surface area contributed by atoms with Gasteiger partial charge in [-0.1, -0.05) is 53.5 Å². The Kier molecular flexibility index (Phi) is 8.16. The Morgan fingerprint density at radius 2 is 1.66 bits per heavy atom. The van der Waals surface area contributed by atoms with E-state index in [2.05, 4.69) is 33.1 Å². The summed E-state index contributed by atoms with van der Waals surface area (Å²) in [5.74, 6) is -0.611. The van der Waals surface area contributed by atoms with Crippen LogP contribution in [0.15, 0.2) is 82.8 Å². The molecule has 0 aliphatic carbocycles. The molecule has 0 saturated heterocycles. The van der Waals surface area contributed by atoms with Crippen molar-refractivity contribution in [3.63, 3.8) is 0 Å². The standard InChI is InChI=1S/C22H18Cl2IN3O3S/c1-15(16-7-9-17(25)10-8-16)26-27-22(29)14-28(18-11-12-20(23)21(24)13-18)32(30,31)19-5-3-2-4-6-19/h2-13H,14H2,1H3,(H,27,29)/b26-15+. The van der Waals surface area contributed by atoms with E-state index in [9.17, 15) is 13.2 Å². The minimum atomic E-state index is -4.05. The van der Waals surface area contributed by atoms with Gasteiger partial charge in [0.25, 0.3) is 15.9 Å². The van der Waals surface area contributed by atoms with E-state index in [0.717, 1.165) is 13.4 Å². The molecule has 1 amide bonds. The van der Waals surface area contributed by atoms with Crippen LogP contribution in [0.4, 0.5) is 5.69 Å². The van der Waals surface area contributed by atoms with Crippen LogP contribution in [0, 0.1) is 3.57 Å². The van der Waals surface area contributed by atoms with Crippen molar-refractivity contribution in [3.05, 3.63) is 92.0 Å². The quantitative estimate of drug-likeness (QED) is 0.226. The summed E-state index contributed by atoms with van der Waals surface area (Å²) >= 11 is 14.3. The van der Waals surface area contributed by atoms with Crippen molar-refractivity contribution in [2.45, 2.75) is 11.8 Å². The first-order chi connectivity index (χ1) is 15.2. The minimum absolute atomic E-state index is 0.0393. The summed E-state index contributed by atoms with van der Waals surface area (Å²) in [4.78, 5) is 12.7. The van der Waals surface area contributed by atoms with Gasteiger partial charge < -0.3 is 0 Å². The molecule has 10 heteroatoms. The highest BCUT2D eigenvalue weighted by Crippen LogP contribution is 2.30. The summed E-state index contributed by atoms with van der Waals surface area (Å²) in [6.45, 7) is 1.25. The number of halogens is 3. The maximum atomic E-state index is 13.3. The van der Waals surface area contributed by atoms with E-state index in [1.165, 1.54) is 30.3 Å². The third kappa shape index (κ3) is 6.00. The number of hydrogen-bond donors (Lipinski definition) is 1. The van der Waals surface area contributed by atoms with Crippen LogP contribution >= 0.6 is 45.8 Å². The largest absolute Gasteiger partial charge is 0.271 e. The smallest absolute Gasteiger partial charge is 0.264 e. The van der Waals surface area contributed by atoms with Crippen molar-refractivity contribution in [2.24, 2.45) is 5.10 Å². The molecule has 3 aromatic carbocycles. The number of amides is 1. The number of nitrogens with one attached hydrogen (secondary N) is 1. The lowest BCUT2D eigenvalue weighted by molar-refractivity contribution is -0.119. The molecule has 0 aromatic heterocycles. The van der Waals surface area contributed by atoms with Crippen molar-refractivity contribution >= 4 is 73.1 Å². The summed E-state index contributed by atoms with van der Waals surface area (Å²) in [5, 5.41) is 4.55. The predicted molar refractivity (Wildman–Crippen MR) is 137 cm³/mol. The molecule has 1 N–H and O–H groups in total. The second kappa shape index (κ2) is 10.7. The highest BCUT2D eigenvalue weighted by molar-refractivity contribution is 14.1. The normalized spacial score (nSPS) is 11.8. The molecule has 0 radical (unpaired) electrons. The van der Waals surface area contributed by atoms with Crippen LogP contribution in [-0.4, -0.2) is 26.6 Å².